The summed E-state index contributed by atoms with van der Waals surface area (Å²) in [6, 6.07) is 7.55. The van der Waals surface area contributed by atoms with Crippen molar-refractivity contribution in [1.29, 1.82) is 0 Å². The molecule has 0 spiro atoms. The van der Waals surface area contributed by atoms with E-state index in [9.17, 15) is 9.59 Å². The third-order valence-electron chi connectivity index (χ3n) is 4.02. The number of carbonyl (C=O) groups is 2. The third kappa shape index (κ3) is 3.20. The van der Waals surface area contributed by atoms with Crippen LogP contribution < -0.4 is 10.2 Å². The number of amides is 2. The number of rotatable bonds is 2. The van der Waals surface area contributed by atoms with Crippen molar-refractivity contribution in [3.05, 3.63) is 68.0 Å². The fourth-order valence-corrected chi connectivity index (χ4v) is 3.83. The maximum absolute atomic E-state index is 13.3. The molecule has 3 aromatic rings. The maximum Gasteiger partial charge on any atom is 0.278 e. The van der Waals surface area contributed by atoms with Gasteiger partial charge in [-0.1, -0.05) is 46.4 Å². The lowest BCUT2D eigenvalue weighted by Gasteiger charge is -2.30. The first kappa shape index (κ1) is 19.0. The topological polar surface area (TPSA) is 80.1 Å². The molecular weight excluding hydrogens is 448 g/mol. The summed E-state index contributed by atoms with van der Waals surface area (Å²) in [6.45, 7) is -0.0925. The molecule has 0 fully saturated rings. The van der Waals surface area contributed by atoms with E-state index < -0.39 is 5.91 Å². The molecule has 3 heterocycles. The zero-order valence-corrected chi connectivity index (χ0v) is 16.8. The van der Waals surface area contributed by atoms with Gasteiger partial charge in [-0.15, -0.1) is 0 Å². The van der Waals surface area contributed by atoms with Crippen LogP contribution in [0.2, 0.25) is 20.2 Å². The SMILES string of the molecule is O=C1NCN(C(=O)c2cc(Cl)nn2-c2ncccc2Cl)c2c(Cl)cc(Cl)cc21. The fraction of sp³-hybridized carbons (Fsp3) is 0.0588. The van der Waals surface area contributed by atoms with Gasteiger partial charge in [0.2, 0.25) is 0 Å². The summed E-state index contributed by atoms with van der Waals surface area (Å²) in [4.78, 5) is 31.0. The average molecular weight is 457 g/mol. The van der Waals surface area contributed by atoms with Crippen molar-refractivity contribution in [3.8, 4) is 5.82 Å². The summed E-state index contributed by atoms with van der Waals surface area (Å²) in [5.41, 5.74) is 0.527. The quantitative estimate of drug-likeness (QED) is 0.625. The average Bonchev–Trinajstić information content (AvgIpc) is 3.04. The van der Waals surface area contributed by atoms with Crippen molar-refractivity contribution in [1.82, 2.24) is 20.1 Å². The molecule has 142 valence electrons. The second-order valence-electron chi connectivity index (χ2n) is 5.75. The smallest absolute Gasteiger partial charge is 0.278 e. The van der Waals surface area contributed by atoms with Crippen LogP contribution in [0.15, 0.2) is 36.5 Å². The zero-order chi connectivity index (χ0) is 20.0. The minimum Gasteiger partial charge on any atom is -0.334 e. The van der Waals surface area contributed by atoms with Crippen LogP contribution in [0, 0.1) is 0 Å². The Kier molecular flexibility index (Phi) is 4.93. The molecular formula is C17H9Cl4N5O2. The molecule has 0 saturated heterocycles. The summed E-state index contributed by atoms with van der Waals surface area (Å²) < 4.78 is 1.24. The highest BCUT2D eigenvalue weighted by molar-refractivity contribution is 6.38. The Morgan fingerprint density at radius 2 is 1.89 bits per heavy atom. The van der Waals surface area contributed by atoms with Crippen LogP contribution in [-0.4, -0.2) is 33.2 Å². The standard InChI is InChI=1S/C17H9Cl4N5O2/c18-8-4-9-14(11(20)5-8)25(7-23-16(9)27)17(28)12-6-13(21)24-26(12)15-10(19)2-1-3-22-15/h1-6H,7H2,(H,23,27). The monoisotopic (exact) mass is 455 g/mol. The number of hydrogen-bond acceptors (Lipinski definition) is 4. The molecule has 1 aliphatic rings. The van der Waals surface area contributed by atoms with E-state index in [0.717, 1.165) is 0 Å². The molecule has 7 nitrogen and oxygen atoms in total. The number of halogens is 4. The predicted octanol–water partition coefficient (Wildman–Crippen LogP) is 4.23. The number of carbonyl (C=O) groups excluding carboxylic acids is 2. The van der Waals surface area contributed by atoms with Crippen molar-refractivity contribution in [2.24, 2.45) is 0 Å². The Bertz CT molecular complexity index is 1130. The van der Waals surface area contributed by atoms with Gasteiger partial charge in [0.1, 0.15) is 5.69 Å². The summed E-state index contributed by atoms with van der Waals surface area (Å²) in [6.07, 6.45) is 1.51. The van der Waals surface area contributed by atoms with Crippen LogP contribution in [-0.2, 0) is 0 Å². The van der Waals surface area contributed by atoms with Crippen molar-refractivity contribution >= 4 is 63.9 Å². The lowest BCUT2D eigenvalue weighted by atomic mass is 10.1. The number of aromatic nitrogens is 3. The first-order chi connectivity index (χ1) is 13.4. The fourth-order valence-electron chi connectivity index (χ4n) is 2.85. The minimum atomic E-state index is -0.508. The van der Waals surface area contributed by atoms with Crippen molar-refractivity contribution in [3.63, 3.8) is 0 Å². The highest BCUT2D eigenvalue weighted by atomic mass is 35.5. The van der Waals surface area contributed by atoms with E-state index >= 15 is 0 Å². The van der Waals surface area contributed by atoms with Crippen LogP contribution >= 0.6 is 46.4 Å². The molecule has 1 aliphatic heterocycles. The van der Waals surface area contributed by atoms with Crippen LogP contribution in [0.25, 0.3) is 5.82 Å². The number of nitrogens with zero attached hydrogens (tertiary/aromatic N) is 4. The number of anilines is 1. The highest BCUT2D eigenvalue weighted by Gasteiger charge is 2.32. The lowest BCUT2D eigenvalue weighted by Crippen LogP contribution is -2.47. The van der Waals surface area contributed by atoms with Gasteiger partial charge in [0, 0.05) is 17.3 Å². The molecule has 0 saturated carbocycles. The molecule has 0 atom stereocenters. The molecule has 28 heavy (non-hydrogen) atoms. The maximum atomic E-state index is 13.3. The highest BCUT2D eigenvalue weighted by Crippen LogP contribution is 2.36. The number of hydrogen-bond donors (Lipinski definition) is 1. The molecule has 0 bridgehead atoms. The molecule has 2 amide bonds. The van der Waals surface area contributed by atoms with E-state index in [1.807, 2.05) is 0 Å². The van der Waals surface area contributed by atoms with Crippen LogP contribution in [0.5, 0.6) is 0 Å². The van der Waals surface area contributed by atoms with E-state index in [1.54, 1.807) is 12.1 Å². The van der Waals surface area contributed by atoms with Crippen molar-refractivity contribution in [2.75, 3.05) is 11.6 Å². The van der Waals surface area contributed by atoms with Crippen molar-refractivity contribution in [2.45, 2.75) is 0 Å². The summed E-state index contributed by atoms with van der Waals surface area (Å²) in [5.74, 6) is -0.655. The van der Waals surface area contributed by atoms with Gasteiger partial charge in [-0.3, -0.25) is 14.5 Å². The lowest BCUT2D eigenvalue weighted by molar-refractivity contribution is 0.0926. The Labute approximate surface area is 178 Å². The Hall–Kier alpha value is -2.32. The van der Waals surface area contributed by atoms with Gasteiger partial charge in [-0.05, 0) is 24.3 Å². The van der Waals surface area contributed by atoms with Gasteiger partial charge in [0.25, 0.3) is 11.8 Å². The predicted molar refractivity (Wildman–Crippen MR) is 107 cm³/mol. The van der Waals surface area contributed by atoms with Gasteiger partial charge in [-0.2, -0.15) is 5.10 Å². The van der Waals surface area contributed by atoms with Crippen LogP contribution in [0.4, 0.5) is 5.69 Å². The van der Waals surface area contributed by atoms with Gasteiger partial charge in [0.05, 0.1) is 28.0 Å². The second-order valence-corrected chi connectivity index (χ2v) is 7.39. The molecule has 0 aliphatic carbocycles. The van der Waals surface area contributed by atoms with Crippen LogP contribution in [0.1, 0.15) is 20.8 Å². The van der Waals surface area contributed by atoms with E-state index in [2.05, 4.69) is 15.4 Å². The number of benzene rings is 1. The molecule has 4 rings (SSSR count). The normalized spacial score (nSPS) is 13.3. The molecule has 1 aromatic carbocycles. The summed E-state index contributed by atoms with van der Waals surface area (Å²) >= 11 is 24.5. The Balaban J connectivity index is 1.84. The summed E-state index contributed by atoms with van der Waals surface area (Å²) in [5, 5.41) is 7.53. The summed E-state index contributed by atoms with van der Waals surface area (Å²) in [7, 11) is 0. The molecule has 2 aromatic heterocycles. The first-order valence-corrected chi connectivity index (χ1v) is 9.33. The second kappa shape index (κ2) is 7.25. The molecule has 1 N–H and O–H groups in total. The number of pyridine rings is 1. The molecule has 0 unspecified atom stereocenters. The zero-order valence-electron chi connectivity index (χ0n) is 13.8. The van der Waals surface area contributed by atoms with Gasteiger partial charge >= 0.3 is 0 Å². The minimum absolute atomic E-state index is 0.0774. The molecule has 11 heteroatoms. The van der Waals surface area contributed by atoms with Gasteiger partial charge in [-0.25, -0.2) is 9.67 Å². The van der Waals surface area contributed by atoms with Crippen molar-refractivity contribution < 1.29 is 9.59 Å². The third-order valence-corrected chi connectivity index (χ3v) is 5.01. The Morgan fingerprint density at radius 3 is 2.64 bits per heavy atom. The number of fused-ring (bicyclic) bond motifs is 1. The molecule has 0 radical (unpaired) electrons. The van der Waals surface area contributed by atoms with E-state index in [4.69, 9.17) is 46.4 Å². The van der Waals surface area contributed by atoms with E-state index in [-0.39, 0.29) is 55.6 Å². The van der Waals surface area contributed by atoms with Gasteiger partial charge < -0.3 is 5.32 Å². The largest absolute Gasteiger partial charge is 0.334 e. The van der Waals surface area contributed by atoms with Gasteiger partial charge in [0.15, 0.2) is 11.0 Å². The first-order valence-electron chi connectivity index (χ1n) is 7.82. The van der Waals surface area contributed by atoms with E-state index in [0.29, 0.717) is 0 Å². The van der Waals surface area contributed by atoms with E-state index in [1.165, 1.54) is 34.0 Å². The van der Waals surface area contributed by atoms with Crippen LogP contribution in [0.3, 0.4) is 0 Å². The number of nitrogens with one attached hydrogen (secondary N) is 1. The Morgan fingerprint density at radius 1 is 1.11 bits per heavy atom.